The smallest absolute Gasteiger partial charge is 0.305 e. The molecule has 1 heterocycles. The van der Waals surface area contributed by atoms with Crippen molar-refractivity contribution in [1.29, 1.82) is 5.26 Å². The van der Waals surface area contributed by atoms with Crippen LogP contribution >= 0.6 is 0 Å². The number of carbonyl (C=O) groups excluding carboxylic acids is 1. The van der Waals surface area contributed by atoms with Crippen LogP contribution in [-0.4, -0.2) is 29.1 Å². The number of hydrogen-bond acceptors (Lipinski definition) is 6. The molecule has 6 heteroatoms. The van der Waals surface area contributed by atoms with E-state index in [0.717, 1.165) is 5.69 Å². The standard InChI is InChI=1S/C12H16N4O2/c1-3-18-11(17)5-4-6-14-12-15-9(2)7-10(8-13)16-12/h7H,3-6H2,1-2H3,(H,14,15,16). The van der Waals surface area contributed by atoms with Gasteiger partial charge in [-0.2, -0.15) is 5.26 Å². The highest BCUT2D eigenvalue weighted by molar-refractivity contribution is 5.69. The quantitative estimate of drug-likeness (QED) is 0.605. The number of nitrogens with zero attached hydrogens (tertiary/aromatic N) is 3. The van der Waals surface area contributed by atoms with Crippen LogP contribution in [0.5, 0.6) is 0 Å². The molecule has 0 aliphatic carbocycles. The predicted molar refractivity (Wildman–Crippen MR) is 65.8 cm³/mol. The van der Waals surface area contributed by atoms with Crippen molar-refractivity contribution >= 4 is 11.9 Å². The van der Waals surface area contributed by atoms with E-state index in [-0.39, 0.29) is 5.97 Å². The summed E-state index contributed by atoms with van der Waals surface area (Å²) in [5, 5.41) is 11.7. The lowest BCUT2D eigenvalue weighted by Gasteiger charge is -2.05. The Morgan fingerprint density at radius 3 is 3.00 bits per heavy atom. The van der Waals surface area contributed by atoms with Crippen LogP contribution in [0.4, 0.5) is 5.95 Å². The second-order valence-corrected chi connectivity index (χ2v) is 3.67. The van der Waals surface area contributed by atoms with E-state index in [1.165, 1.54) is 0 Å². The molecule has 0 spiro atoms. The Bertz CT molecular complexity index is 454. The van der Waals surface area contributed by atoms with E-state index >= 15 is 0 Å². The molecule has 0 saturated carbocycles. The second kappa shape index (κ2) is 7.22. The lowest BCUT2D eigenvalue weighted by molar-refractivity contribution is -0.143. The molecule has 0 atom stereocenters. The van der Waals surface area contributed by atoms with Crippen LogP contribution in [0.3, 0.4) is 0 Å². The number of anilines is 1. The number of nitrogens with one attached hydrogen (secondary N) is 1. The third-order valence-electron chi connectivity index (χ3n) is 2.11. The van der Waals surface area contributed by atoms with Crippen LogP contribution in [0.15, 0.2) is 6.07 Å². The molecule has 1 rings (SSSR count). The van der Waals surface area contributed by atoms with Crippen molar-refractivity contribution in [2.45, 2.75) is 26.7 Å². The molecule has 96 valence electrons. The third kappa shape index (κ3) is 4.78. The summed E-state index contributed by atoms with van der Waals surface area (Å²) in [5.41, 5.74) is 1.06. The van der Waals surface area contributed by atoms with Gasteiger partial charge in [0.2, 0.25) is 5.95 Å². The maximum absolute atomic E-state index is 11.1. The minimum Gasteiger partial charge on any atom is -0.466 e. The fourth-order valence-corrected chi connectivity index (χ4v) is 1.37. The van der Waals surface area contributed by atoms with E-state index in [9.17, 15) is 4.79 Å². The number of carbonyl (C=O) groups is 1. The number of rotatable bonds is 6. The van der Waals surface area contributed by atoms with Gasteiger partial charge >= 0.3 is 5.97 Å². The molecule has 0 aliphatic heterocycles. The molecular formula is C12H16N4O2. The van der Waals surface area contributed by atoms with Gasteiger partial charge in [-0.1, -0.05) is 0 Å². The highest BCUT2D eigenvalue weighted by Crippen LogP contribution is 2.04. The molecule has 0 radical (unpaired) electrons. The molecule has 0 aliphatic rings. The molecular weight excluding hydrogens is 232 g/mol. The zero-order valence-electron chi connectivity index (χ0n) is 10.6. The maximum atomic E-state index is 11.1. The van der Waals surface area contributed by atoms with Gasteiger partial charge in [-0.05, 0) is 26.3 Å². The van der Waals surface area contributed by atoms with E-state index in [2.05, 4.69) is 15.3 Å². The summed E-state index contributed by atoms with van der Waals surface area (Å²) in [4.78, 5) is 19.2. The van der Waals surface area contributed by atoms with Crippen LogP contribution in [-0.2, 0) is 9.53 Å². The van der Waals surface area contributed by atoms with Crippen molar-refractivity contribution < 1.29 is 9.53 Å². The molecule has 0 aromatic carbocycles. The van der Waals surface area contributed by atoms with E-state index in [1.807, 2.05) is 6.07 Å². The first-order valence-corrected chi connectivity index (χ1v) is 5.81. The van der Waals surface area contributed by atoms with Gasteiger partial charge in [-0.25, -0.2) is 9.97 Å². The van der Waals surface area contributed by atoms with E-state index in [4.69, 9.17) is 10.00 Å². The monoisotopic (exact) mass is 248 g/mol. The number of nitriles is 1. The Morgan fingerprint density at radius 2 is 2.33 bits per heavy atom. The lowest BCUT2D eigenvalue weighted by Crippen LogP contribution is -2.10. The summed E-state index contributed by atoms with van der Waals surface area (Å²) < 4.78 is 4.81. The van der Waals surface area contributed by atoms with Gasteiger partial charge in [-0.15, -0.1) is 0 Å². The van der Waals surface area contributed by atoms with Crippen molar-refractivity contribution in [3.05, 3.63) is 17.5 Å². The molecule has 0 bridgehead atoms. The van der Waals surface area contributed by atoms with Crippen LogP contribution < -0.4 is 5.32 Å². The van der Waals surface area contributed by atoms with Crippen molar-refractivity contribution in [3.8, 4) is 6.07 Å². The van der Waals surface area contributed by atoms with Gasteiger partial charge in [0, 0.05) is 18.7 Å². The van der Waals surface area contributed by atoms with Gasteiger partial charge < -0.3 is 10.1 Å². The molecule has 6 nitrogen and oxygen atoms in total. The molecule has 0 fully saturated rings. The summed E-state index contributed by atoms with van der Waals surface area (Å²) in [5.74, 6) is 0.206. The fraction of sp³-hybridized carbons (Fsp3) is 0.500. The van der Waals surface area contributed by atoms with Gasteiger partial charge in [0.05, 0.1) is 6.61 Å². The molecule has 18 heavy (non-hydrogen) atoms. The lowest BCUT2D eigenvalue weighted by atomic mass is 10.3. The average Bonchev–Trinajstić information content (AvgIpc) is 2.34. The minimum atomic E-state index is -0.206. The Morgan fingerprint density at radius 1 is 1.56 bits per heavy atom. The van der Waals surface area contributed by atoms with Crippen molar-refractivity contribution in [2.75, 3.05) is 18.5 Å². The van der Waals surface area contributed by atoms with Gasteiger partial charge in [0.15, 0.2) is 0 Å². The molecule has 0 saturated heterocycles. The second-order valence-electron chi connectivity index (χ2n) is 3.67. The number of aromatic nitrogens is 2. The summed E-state index contributed by atoms with van der Waals surface area (Å²) in [6.07, 6.45) is 0.996. The molecule has 1 N–H and O–H groups in total. The summed E-state index contributed by atoms with van der Waals surface area (Å²) in [6.45, 7) is 4.54. The summed E-state index contributed by atoms with van der Waals surface area (Å²) in [6, 6.07) is 3.58. The normalized spacial score (nSPS) is 9.61. The number of hydrogen-bond donors (Lipinski definition) is 1. The zero-order chi connectivity index (χ0) is 13.4. The van der Waals surface area contributed by atoms with Crippen molar-refractivity contribution in [2.24, 2.45) is 0 Å². The number of esters is 1. The Hall–Kier alpha value is -2.16. The van der Waals surface area contributed by atoms with Gasteiger partial charge in [0.25, 0.3) is 0 Å². The predicted octanol–water partition coefficient (Wildman–Crippen LogP) is 1.41. The summed E-state index contributed by atoms with van der Waals surface area (Å²) >= 11 is 0. The largest absolute Gasteiger partial charge is 0.466 e. The van der Waals surface area contributed by atoms with Crippen LogP contribution in [0.25, 0.3) is 0 Å². The third-order valence-corrected chi connectivity index (χ3v) is 2.11. The first-order valence-electron chi connectivity index (χ1n) is 5.81. The van der Waals surface area contributed by atoms with Crippen LogP contribution in [0.1, 0.15) is 31.2 Å². The van der Waals surface area contributed by atoms with E-state index in [0.29, 0.717) is 37.6 Å². The fourth-order valence-electron chi connectivity index (χ4n) is 1.37. The SMILES string of the molecule is CCOC(=O)CCCNc1nc(C)cc(C#N)n1. The Kier molecular flexibility index (Phi) is 5.58. The number of ether oxygens (including phenoxy) is 1. The summed E-state index contributed by atoms with van der Waals surface area (Å²) in [7, 11) is 0. The first-order chi connectivity index (χ1) is 8.65. The van der Waals surface area contributed by atoms with Crippen molar-refractivity contribution in [1.82, 2.24) is 9.97 Å². The zero-order valence-corrected chi connectivity index (χ0v) is 10.6. The first kappa shape index (κ1) is 13.9. The Labute approximate surface area is 106 Å². The number of aryl methyl sites for hydroxylation is 1. The highest BCUT2D eigenvalue weighted by Gasteiger charge is 2.03. The van der Waals surface area contributed by atoms with Crippen LogP contribution in [0, 0.1) is 18.3 Å². The Balaban J connectivity index is 2.38. The van der Waals surface area contributed by atoms with Crippen molar-refractivity contribution in [3.63, 3.8) is 0 Å². The molecule has 0 unspecified atom stereocenters. The maximum Gasteiger partial charge on any atom is 0.305 e. The van der Waals surface area contributed by atoms with Gasteiger partial charge in [-0.3, -0.25) is 4.79 Å². The highest BCUT2D eigenvalue weighted by atomic mass is 16.5. The molecule has 0 amide bonds. The average molecular weight is 248 g/mol. The topological polar surface area (TPSA) is 87.9 Å². The molecule has 1 aromatic heterocycles. The van der Waals surface area contributed by atoms with Gasteiger partial charge in [0.1, 0.15) is 11.8 Å². The minimum absolute atomic E-state index is 0.206. The van der Waals surface area contributed by atoms with E-state index < -0.39 is 0 Å². The molecule has 1 aromatic rings. The van der Waals surface area contributed by atoms with Crippen LogP contribution in [0.2, 0.25) is 0 Å². The van der Waals surface area contributed by atoms with E-state index in [1.54, 1.807) is 19.9 Å².